The Labute approximate surface area is 263 Å². The number of esters is 1. The Hall–Kier alpha value is -3.88. The van der Waals surface area contributed by atoms with Gasteiger partial charge in [0.1, 0.15) is 29.3 Å². The van der Waals surface area contributed by atoms with Crippen molar-refractivity contribution in [2.24, 2.45) is 0 Å². The van der Waals surface area contributed by atoms with E-state index >= 15 is 0 Å². The summed E-state index contributed by atoms with van der Waals surface area (Å²) >= 11 is 0. The van der Waals surface area contributed by atoms with Crippen LogP contribution in [-0.2, 0) is 30.3 Å². The van der Waals surface area contributed by atoms with Crippen molar-refractivity contribution < 1.29 is 28.7 Å². The number of ether oxygens (including phenoxy) is 2. The maximum atomic E-state index is 14.5. The predicted molar refractivity (Wildman–Crippen MR) is 172 cm³/mol. The number of rotatable bonds is 9. The van der Waals surface area contributed by atoms with Gasteiger partial charge >= 0.3 is 12.1 Å². The van der Waals surface area contributed by atoms with Gasteiger partial charge in [0.15, 0.2) is 0 Å². The molecule has 0 heterocycles. The summed E-state index contributed by atoms with van der Waals surface area (Å²) in [5.74, 6) is -1.61. The van der Waals surface area contributed by atoms with Gasteiger partial charge in [0.25, 0.3) is 0 Å². The fourth-order valence-electron chi connectivity index (χ4n) is 4.73. The van der Waals surface area contributed by atoms with Crippen LogP contribution in [0.3, 0.4) is 0 Å². The molecule has 0 aliphatic rings. The fraction of sp³-hybridized carbons (Fsp3) is 0.543. The zero-order valence-corrected chi connectivity index (χ0v) is 28.5. The zero-order chi connectivity index (χ0) is 33.6. The minimum absolute atomic E-state index is 0.196. The van der Waals surface area contributed by atoms with Gasteiger partial charge in [-0.2, -0.15) is 0 Å². The first-order valence-corrected chi connectivity index (χ1v) is 15.1. The van der Waals surface area contributed by atoms with Gasteiger partial charge in [0.05, 0.1) is 0 Å². The molecule has 0 bridgehead atoms. The van der Waals surface area contributed by atoms with Crippen LogP contribution in [0.2, 0.25) is 0 Å². The smallest absolute Gasteiger partial charge is 0.408 e. The molecule has 0 saturated carbocycles. The monoisotopic (exact) mass is 609 g/mol. The number of benzene rings is 2. The average Bonchev–Trinajstić information content (AvgIpc) is 2.86. The summed E-state index contributed by atoms with van der Waals surface area (Å²) in [4.78, 5) is 56.2. The van der Waals surface area contributed by atoms with Crippen molar-refractivity contribution in [3.05, 3.63) is 70.8 Å². The quantitative estimate of drug-likeness (QED) is 0.340. The number of alkyl carbamates (subject to hydrolysis) is 1. The second-order valence-corrected chi connectivity index (χ2v) is 14.2. The van der Waals surface area contributed by atoms with Gasteiger partial charge in [0, 0.05) is 12.0 Å². The predicted octanol–water partition coefficient (Wildman–Crippen LogP) is 5.95. The van der Waals surface area contributed by atoms with Crippen LogP contribution in [0, 0.1) is 13.8 Å². The fourth-order valence-corrected chi connectivity index (χ4v) is 4.73. The van der Waals surface area contributed by atoms with Gasteiger partial charge < -0.3 is 25.0 Å². The molecule has 3 unspecified atom stereocenters. The van der Waals surface area contributed by atoms with E-state index in [-0.39, 0.29) is 6.42 Å². The Morgan fingerprint density at radius 1 is 0.773 bits per heavy atom. The highest BCUT2D eigenvalue weighted by atomic mass is 16.6. The standard InChI is InChI=1S/C35H51N3O6/c1-22-17-16-20-26(23(22)2)28(38(33(4,5)6)30(40)24(3)36-32(42)44-35(10,11)12)29(39)37-27(31(41)43-34(7,8)9)21-25-18-14-13-15-19-25/h13-20,24,27-28H,21H2,1-12H3,(H,36,42)(H,37,39). The lowest BCUT2D eigenvalue weighted by atomic mass is 9.91. The topological polar surface area (TPSA) is 114 Å². The van der Waals surface area contributed by atoms with Crippen LogP contribution in [0.4, 0.5) is 4.79 Å². The number of hydrogen-bond donors (Lipinski definition) is 2. The van der Waals surface area contributed by atoms with Crippen molar-refractivity contribution in [3.8, 4) is 0 Å². The number of carbonyl (C=O) groups excluding carboxylic acids is 4. The first-order chi connectivity index (χ1) is 20.1. The van der Waals surface area contributed by atoms with E-state index in [1.165, 1.54) is 4.90 Å². The van der Waals surface area contributed by atoms with Crippen LogP contribution < -0.4 is 10.6 Å². The molecule has 2 aromatic rings. The lowest BCUT2D eigenvalue weighted by molar-refractivity contribution is -0.159. The van der Waals surface area contributed by atoms with E-state index < -0.39 is 58.7 Å². The second-order valence-electron chi connectivity index (χ2n) is 14.2. The molecule has 2 N–H and O–H groups in total. The van der Waals surface area contributed by atoms with E-state index in [9.17, 15) is 19.2 Å². The largest absolute Gasteiger partial charge is 0.458 e. The van der Waals surface area contributed by atoms with Crippen LogP contribution in [0.1, 0.15) is 97.5 Å². The molecule has 2 aromatic carbocycles. The highest BCUT2D eigenvalue weighted by Crippen LogP contribution is 2.33. The van der Waals surface area contributed by atoms with Crippen molar-refractivity contribution in [2.45, 2.75) is 124 Å². The van der Waals surface area contributed by atoms with Crippen molar-refractivity contribution in [1.82, 2.24) is 15.5 Å². The minimum atomic E-state index is -1.13. The molecule has 0 fully saturated rings. The molecule has 0 radical (unpaired) electrons. The minimum Gasteiger partial charge on any atom is -0.458 e. The summed E-state index contributed by atoms with van der Waals surface area (Å²) in [6, 6.07) is 11.8. The van der Waals surface area contributed by atoms with E-state index in [2.05, 4.69) is 10.6 Å². The Balaban J connectivity index is 2.62. The molecule has 0 saturated heterocycles. The van der Waals surface area contributed by atoms with Crippen molar-refractivity contribution in [2.75, 3.05) is 0 Å². The Morgan fingerprint density at radius 2 is 1.34 bits per heavy atom. The molecule has 3 amide bonds. The van der Waals surface area contributed by atoms with Crippen LogP contribution in [-0.4, -0.2) is 57.6 Å². The summed E-state index contributed by atoms with van der Waals surface area (Å²) in [6.45, 7) is 21.4. The first kappa shape index (κ1) is 36.3. The van der Waals surface area contributed by atoms with Gasteiger partial charge in [-0.3, -0.25) is 9.59 Å². The molecule has 0 aromatic heterocycles. The molecular formula is C35H51N3O6. The maximum absolute atomic E-state index is 14.5. The zero-order valence-electron chi connectivity index (χ0n) is 28.5. The number of aryl methyl sites for hydroxylation is 1. The Morgan fingerprint density at radius 3 is 1.86 bits per heavy atom. The third-order valence-corrected chi connectivity index (χ3v) is 6.80. The summed E-state index contributed by atoms with van der Waals surface area (Å²) in [6.07, 6.45) is -0.547. The number of nitrogens with zero attached hydrogens (tertiary/aromatic N) is 1. The lowest BCUT2D eigenvalue weighted by Crippen LogP contribution is -2.59. The maximum Gasteiger partial charge on any atom is 0.408 e. The van der Waals surface area contributed by atoms with Crippen LogP contribution in [0.25, 0.3) is 0 Å². The van der Waals surface area contributed by atoms with Gasteiger partial charge in [-0.1, -0.05) is 48.5 Å². The van der Waals surface area contributed by atoms with E-state index in [4.69, 9.17) is 9.47 Å². The van der Waals surface area contributed by atoms with Crippen molar-refractivity contribution >= 4 is 23.9 Å². The number of hydrogen-bond acceptors (Lipinski definition) is 6. The van der Waals surface area contributed by atoms with E-state index in [1.807, 2.05) is 83.1 Å². The Kier molecular flexibility index (Phi) is 11.8. The van der Waals surface area contributed by atoms with Gasteiger partial charge in [0.2, 0.25) is 11.8 Å². The molecule has 0 spiro atoms. The molecule has 242 valence electrons. The third kappa shape index (κ3) is 10.7. The molecule has 0 aliphatic heterocycles. The molecule has 9 nitrogen and oxygen atoms in total. The first-order valence-electron chi connectivity index (χ1n) is 15.1. The lowest BCUT2D eigenvalue weighted by Gasteiger charge is -2.43. The van der Waals surface area contributed by atoms with E-state index in [0.717, 1.165) is 16.7 Å². The summed E-state index contributed by atoms with van der Waals surface area (Å²) in [5.41, 5.74) is 0.810. The van der Waals surface area contributed by atoms with Gasteiger partial charge in [-0.05, 0) is 105 Å². The van der Waals surface area contributed by atoms with Crippen LogP contribution in [0.5, 0.6) is 0 Å². The Bertz CT molecular complexity index is 1320. The highest BCUT2D eigenvalue weighted by molar-refractivity contribution is 5.94. The van der Waals surface area contributed by atoms with Crippen LogP contribution in [0.15, 0.2) is 48.5 Å². The summed E-state index contributed by atoms with van der Waals surface area (Å²) < 4.78 is 11.1. The third-order valence-electron chi connectivity index (χ3n) is 6.80. The molecule has 0 aliphatic carbocycles. The van der Waals surface area contributed by atoms with Crippen LogP contribution >= 0.6 is 0 Å². The van der Waals surface area contributed by atoms with Crippen molar-refractivity contribution in [1.29, 1.82) is 0 Å². The molecule has 3 atom stereocenters. The van der Waals surface area contributed by atoms with E-state index in [1.54, 1.807) is 48.5 Å². The van der Waals surface area contributed by atoms with E-state index in [0.29, 0.717) is 5.56 Å². The highest BCUT2D eigenvalue weighted by Gasteiger charge is 2.42. The number of nitrogens with one attached hydrogen (secondary N) is 2. The molecule has 9 heteroatoms. The SMILES string of the molecule is Cc1cccc(C(C(=O)NC(Cc2ccccc2)C(=O)OC(C)(C)C)N(C(=O)C(C)NC(=O)OC(C)(C)C)C(C)(C)C)c1C. The summed E-state index contributed by atoms with van der Waals surface area (Å²) in [5, 5.41) is 5.55. The molecular weight excluding hydrogens is 558 g/mol. The number of carbonyl (C=O) groups is 4. The number of amides is 3. The molecule has 2 rings (SSSR count). The second kappa shape index (κ2) is 14.3. The molecule has 44 heavy (non-hydrogen) atoms. The van der Waals surface area contributed by atoms with Gasteiger partial charge in [-0.15, -0.1) is 0 Å². The average molecular weight is 610 g/mol. The summed E-state index contributed by atoms with van der Waals surface area (Å²) in [7, 11) is 0. The van der Waals surface area contributed by atoms with Gasteiger partial charge in [-0.25, -0.2) is 9.59 Å². The normalized spacial score (nSPS) is 14.1. The van der Waals surface area contributed by atoms with Crippen molar-refractivity contribution in [3.63, 3.8) is 0 Å².